The first-order valence-corrected chi connectivity index (χ1v) is 10.5. The number of aromatic nitrogens is 3. The maximum absolute atomic E-state index is 13.1. The number of carbonyl (C=O) groups is 1. The molecule has 1 aliphatic heterocycles. The topological polar surface area (TPSA) is 81.4 Å². The number of hydrogen-bond acceptors (Lipinski definition) is 6. The normalized spacial score (nSPS) is 16.4. The molecule has 1 aliphatic rings. The van der Waals surface area contributed by atoms with E-state index >= 15 is 0 Å². The van der Waals surface area contributed by atoms with Crippen molar-refractivity contribution in [1.29, 1.82) is 0 Å². The van der Waals surface area contributed by atoms with Gasteiger partial charge in [-0.05, 0) is 56.4 Å². The number of hydrogen-bond donors (Lipinski definition) is 0. The Morgan fingerprint density at radius 1 is 1.23 bits per heavy atom. The molecule has 1 atom stereocenters. The number of ether oxygens (including phenoxy) is 1. The van der Waals surface area contributed by atoms with Gasteiger partial charge < -0.3 is 14.2 Å². The van der Waals surface area contributed by atoms with Gasteiger partial charge in [-0.3, -0.25) is 9.78 Å². The van der Waals surface area contributed by atoms with Crippen molar-refractivity contribution >= 4 is 5.91 Å². The highest BCUT2D eigenvalue weighted by molar-refractivity contribution is 5.97. The highest BCUT2D eigenvalue weighted by Gasteiger charge is 2.26. The van der Waals surface area contributed by atoms with E-state index in [0.717, 1.165) is 38.8 Å². The largest absolute Gasteiger partial charge is 0.493 e. The minimum absolute atomic E-state index is 0.0424. The Labute approximate surface area is 176 Å². The Kier molecular flexibility index (Phi) is 6.37. The van der Waals surface area contributed by atoms with E-state index in [1.807, 2.05) is 54.3 Å². The highest BCUT2D eigenvalue weighted by Crippen LogP contribution is 2.26. The number of benzene rings is 1. The third kappa shape index (κ3) is 4.67. The van der Waals surface area contributed by atoms with Crippen molar-refractivity contribution in [2.45, 2.75) is 32.6 Å². The lowest BCUT2D eigenvalue weighted by Gasteiger charge is -2.33. The average Bonchev–Trinajstić information content (AvgIpc) is 3.28. The van der Waals surface area contributed by atoms with Crippen LogP contribution in [0.25, 0.3) is 11.6 Å². The molecule has 0 radical (unpaired) electrons. The number of likely N-dealkylation sites (tertiary alicyclic amines) is 1. The summed E-state index contributed by atoms with van der Waals surface area (Å²) < 4.78 is 11.0. The number of piperidine rings is 1. The lowest BCUT2D eigenvalue weighted by molar-refractivity contribution is 0.0664. The van der Waals surface area contributed by atoms with Crippen molar-refractivity contribution in [1.82, 2.24) is 20.0 Å². The number of nitrogens with zero attached hydrogens (tertiary/aromatic N) is 4. The minimum atomic E-state index is 0.0424. The summed E-state index contributed by atoms with van der Waals surface area (Å²) in [6.07, 6.45) is 5.44. The number of rotatable bonds is 7. The molecule has 1 amide bonds. The quantitative estimate of drug-likeness (QED) is 0.590. The second kappa shape index (κ2) is 9.52. The summed E-state index contributed by atoms with van der Waals surface area (Å²) in [6, 6.07) is 13.1. The zero-order valence-corrected chi connectivity index (χ0v) is 17.2. The summed E-state index contributed by atoms with van der Waals surface area (Å²) in [4.78, 5) is 23.7. The Morgan fingerprint density at radius 3 is 2.93 bits per heavy atom. The van der Waals surface area contributed by atoms with Crippen LogP contribution in [0.5, 0.6) is 5.75 Å². The fourth-order valence-electron chi connectivity index (χ4n) is 3.86. The monoisotopic (exact) mass is 406 g/mol. The Bertz CT molecular complexity index is 973. The van der Waals surface area contributed by atoms with Crippen LogP contribution in [0.2, 0.25) is 0 Å². The van der Waals surface area contributed by atoms with E-state index in [1.54, 1.807) is 6.20 Å². The SMILES string of the molecule is CCOc1ccccc1C(=O)N1CCCC(CCc2noc(-c3ccccn3)n2)C1. The molecule has 4 rings (SSSR count). The Hall–Kier alpha value is -3.22. The molecule has 156 valence electrons. The van der Waals surface area contributed by atoms with E-state index in [1.165, 1.54) is 0 Å². The van der Waals surface area contributed by atoms with E-state index in [-0.39, 0.29) is 5.91 Å². The van der Waals surface area contributed by atoms with Gasteiger partial charge in [0.15, 0.2) is 5.82 Å². The molecule has 0 spiro atoms. The molecular weight excluding hydrogens is 380 g/mol. The lowest BCUT2D eigenvalue weighted by atomic mass is 9.93. The summed E-state index contributed by atoms with van der Waals surface area (Å²) in [5.41, 5.74) is 1.32. The molecule has 1 aromatic carbocycles. The Morgan fingerprint density at radius 2 is 2.10 bits per heavy atom. The van der Waals surface area contributed by atoms with Crippen LogP contribution in [0, 0.1) is 5.92 Å². The van der Waals surface area contributed by atoms with Gasteiger partial charge in [-0.1, -0.05) is 23.4 Å². The van der Waals surface area contributed by atoms with Crippen LogP contribution in [-0.4, -0.2) is 45.6 Å². The van der Waals surface area contributed by atoms with Gasteiger partial charge in [0.2, 0.25) is 0 Å². The van der Waals surface area contributed by atoms with Gasteiger partial charge in [0.05, 0.1) is 12.2 Å². The first-order chi connectivity index (χ1) is 14.7. The molecule has 0 N–H and O–H groups in total. The highest BCUT2D eigenvalue weighted by atomic mass is 16.5. The van der Waals surface area contributed by atoms with Crippen LogP contribution >= 0.6 is 0 Å². The van der Waals surface area contributed by atoms with Gasteiger partial charge in [-0.2, -0.15) is 4.98 Å². The maximum atomic E-state index is 13.1. The number of carbonyl (C=O) groups excluding carboxylic acids is 1. The number of aryl methyl sites for hydroxylation is 1. The molecule has 0 bridgehead atoms. The summed E-state index contributed by atoms with van der Waals surface area (Å²) in [5, 5.41) is 4.09. The van der Waals surface area contributed by atoms with E-state index in [2.05, 4.69) is 15.1 Å². The zero-order valence-electron chi connectivity index (χ0n) is 17.2. The Balaban J connectivity index is 1.36. The first kappa shape index (κ1) is 20.1. The third-order valence-electron chi connectivity index (χ3n) is 5.35. The fourth-order valence-corrected chi connectivity index (χ4v) is 3.86. The summed E-state index contributed by atoms with van der Waals surface area (Å²) in [7, 11) is 0. The van der Waals surface area contributed by atoms with Crippen molar-refractivity contribution in [3.63, 3.8) is 0 Å². The predicted octanol–water partition coefficient (Wildman–Crippen LogP) is 4.02. The van der Waals surface area contributed by atoms with E-state index in [4.69, 9.17) is 9.26 Å². The second-order valence-electron chi connectivity index (χ2n) is 7.46. The second-order valence-corrected chi connectivity index (χ2v) is 7.46. The summed E-state index contributed by atoms with van der Waals surface area (Å²) >= 11 is 0. The number of para-hydroxylation sites is 1. The van der Waals surface area contributed by atoms with E-state index in [0.29, 0.717) is 41.2 Å². The molecule has 7 nitrogen and oxygen atoms in total. The van der Waals surface area contributed by atoms with Crippen molar-refractivity contribution in [3.8, 4) is 17.3 Å². The number of amides is 1. The van der Waals surface area contributed by atoms with Crippen molar-refractivity contribution < 1.29 is 14.1 Å². The lowest BCUT2D eigenvalue weighted by Crippen LogP contribution is -2.40. The molecular formula is C23H26N4O3. The van der Waals surface area contributed by atoms with Crippen LogP contribution in [0.4, 0.5) is 0 Å². The van der Waals surface area contributed by atoms with Crippen LogP contribution in [0.1, 0.15) is 42.4 Å². The van der Waals surface area contributed by atoms with Gasteiger partial charge in [-0.15, -0.1) is 0 Å². The van der Waals surface area contributed by atoms with Crippen LogP contribution in [-0.2, 0) is 6.42 Å². The zero-order chi connectivity index (χ0) is 20.8. The van der Waals surface area contributed by atoms with Crippen LogP contribution in [0.15, 0.2) is 53.2 Å². The van der Waals surface area contributed by atoms with Gasteiger partial charge in [0.1, 0.15) is 11.4 Å². The molecule has 0 saturated carbocycles. The van der Waals surface area contributed by atoms with Gasteiger partial charge >= 0.3 is 0 Å². The summed E-state index contributed by atoms with van der Waals surface area (Å²) in [6.45, 7) is 3.99. The molecule has 1 unspecified atom stereocenters. The predicted molar refractivity (Wildman–Crippen MR) is 112 cm³/mol. The molecule has 30 heavy (non-hydrogen) atoms. The molecule has 1 saturated heterocycles. The fraction of sp³-hybridized carbons (Fsp3) is 0.391. The molecule has 7 heteroatoms. The molecule has 0 aliphatic carbocycles. The number of pyridine rings is 1. The summed E-state index contributed by atoms with van der Waals surface area (Å²) in [5.74, 6) is 2.24. The van der Waals surface area contributed by atoms with E-state index < -0.39 is 0 Å². The van der Waals surface area contributed by atoms with Gasteiger partial charge in [0.25, 0.3) is 11.8 Å². The van der Waals surface area contributed by atoms with Crippen LogP contribution in [0.3, 0.4) is 0 Å². The van der Waals surface area contributed by atoms with E-state index in [9.17, 15) is 4.79 Å². The van der Waals surface area contributed by atoms with Gasteiger partial charge in [0, 0.05) is 25.7 Å². The minimum Gasteiger partial charge on any atom is -0.493 e. The standard InChI is InChI=1S/C23H26N4O3/c1-2-29-20-11-4-3-9-18(20)23(28)27-15-7-8-17(16-27)12-13-21-25-22(30-26-21)19-10-5-6-14-24-19/h3-6,9-11,14,17H,2,7-8,12-13,15-16H2,1H3. The van der Waals surface area contributed by atoms with Crippen LogP contribution < -0.4 is 4.74 Å². The van der Waals surface area contributed by atoms with Gasteiger partial charge in [-0.25, -0.2) is 0 Å². The first-order valence-electron chi connectivity index (χ1n) is 10.5. The molecule has 2 aromatic heterocycles. The third-order valence-corrected chi connectivity index (χ3v) is 5.35. The molecule has 3 aromatic rings. The molecule has 1 fully saturated rings. The smallest absolute Gasteiger partial charge is 0.276 e. The maximum Gasteiger partial charge on any atom is 0.276 e. The van der Waals surface area contributed by atoms with Crippen molar-refractivity contribution in [3.05, 3.63) is 60.0 Å². The van der Waals surface area contributed by atoms with Crippen molar-refractivity contribution in [2.75, 3.05) is 19.7 Å². The van der Waals surface area contributed by atoms with Crippen molar-refractivity contribution in [2.24, 2.45) is 5.92 Å². The average molecular weight is 406 g/mol. The molecule has 3 heterocycles.